The van der Waals surface area contributed by atoms with Gasteiger partial charge in [0, 0.05) is 32.6 Å². The number of carbonyl (C=O) groups excluding carboxylic acids is 2. The Hall–Kier alpha value is 0.576. The monoisotopic (exact) mass is 223 g/mol. The van der Waals surface area contributed by atoms with E-state index < -0.39 is 0 Å². The number of piperazine rings is 1. The first-order chi connectivity index (χ1) is 5.77. The summed E-state index contributed by atoms with van der Waals surface area (Å²) in [4.78, 5) is 24.7. The molecule has 4 nitrogen and oxygen atoms in total. The molecule has 76 valence electrons. The van der Waals surface area contributed by atoms with Gasteiger partial charge >= 0.3 is 51.4 Å². The maximum Gasteiger partial charge on any atom is 1.00 e. The fraction of sp³-hybridized carbons (Fsp3) is 0.667. The van der Waals surface area contributed by atoms with E-state index in [9.17, 15) is 9.59 Å². The fourth-order valence-corrected chi connectivity index (χ4v) is 1.27. The molecule has 0 aromatic rings. The van der Waals surface area contributed by atoms with Crippen molar-refractivity contribution in [2.24, 2.45) is 0 Å². The van der Waals surface area contributed by atoms with E-state index in [4.69, 9.17) is 0 Å². The molecule has 0 atom stereocenters. The summed E-state index contributed by atoms with van der Waals surface area (Å²) in [5, 5.41) is 0. The van der Waals surface area contributed by atoms with Crippen LogP contribution in [-0.2, 0) is 9.59 Å². The Balaban J connectivity index is 0. The van der Waals surface area contributed by atoms with Crippen LogP contribution >= 0.6 is 0 Å². The molecule has 5 heteroatoms. The third kappa shape index (κ3) is 4.88. The summed E-state index contributed by atoms with van der Waals surface area (Å²) in [6.45, 7) is 4.40. The molecule has 0 radical (unpaired) electrons. The Morgan fingerprint density at radius 2 is 1.79 bits per heavy atom. The molecule has 0 unspecified atom stereocenters. The van der Waals surface area contributed by atoms with E-state index in [0.29, 0.717) is 32.6 Å². The number of hydrogen-bond acceptors (Lipinski definition) is 2. The first-order valence-electron chi connectivity index (χ1n) is 4.18. The molecule has 0 aliphatic carbocycles. The van der Waals surface area contributed by atoms with Gasteiger partial charge in [-0.1, -0.05) is 6.92 Å². The molecule has 0 N–H and O–H groups in total. The van der Waals surface area contributed by atoms with Crippen molar-refractivity contribution < 1.29 is 61.0 Å². The maximum atomic E-state index is 11.2. The Kier molecular flexibility index (Phi) is 10.7. The van der Waals surface area contributed by atoms with Crippen molar-refractivity contribution in [3.8, 4) is 0 Å². The summed E-state index contributed by atoms with van der Waals surface area (Å²) in [5.74, 6) is 0.167. The second-order valence-electron chi connectivity index (χ2n) is 2.81. The van der Waals surface area contributed by atoms with Crippen molar-refractivity contribution in [1.29, 1.82) is 0 Å². The van der Waals surface area contributed by atoms with Gasteiger partial charge in [0.2, 0.25) is 5.91 Å². The third-order valence-electron chi connectivity index (χ3n) is 2.06. The van der Waals surface area contributed by atoms with Gasteiger partial charge in [-0.2, -0.15) is 6.41 Å². The van der Waals surface area contributed by atoms with Crippen molar-refractivity contribution >= 4 is 12.3 Å². The Morgan fingerprint density at radius 1 is 1.29 bits per heavy atom. The SMILES string of the molecule is CCC(=O)N1CCN([C-]=O)CC1.[CH3-].[K+]. The van der Waals surface area contributed by atoms with E-state index in [1.807, 2.05) is 13.3 Å². The average Bonchev–Trinajstić information content (AvgIpc) is 2.17. The molecule has 2 amide bonds. The maximum absolute atomic E-state index is 11.2. The third-order valence-corrected chi connectivity index (χ3v) is 2.06. The van der Waals surface area contributed by atoms with E-state index in [1.165, 1.54) is 0 Å². The van der Waals surface area contributed by atoms with Gasteiger partial charge in [-0.15, -0.1) is 0 Å². The smallest absolute Gasteiger partial charge is 0.520 e. The van der Waals surface area contributed by atoms with Gasteiger partial charge in [0.05, 0.1) is 0 Å². The molecule has 0 aromatic carbocycles. The number of rotatable bonds is 2. The van der Waals surface area contributed by atoms with Gasteiger partial charge in [0.25, 0.3) is 0 Å². The van der Waals surface area contributed by atoms with Gasteiger partial charge in [-0.05, 0) is 0 Å². The topological polar surface area (TPSA) is 40.6 Å². The van der Waals surface area contributed by atoms with E-state index in [2.05, 4.69) is 0 Å². The molecule has 1 saturated heterocycles. The first kappa shape index (κ1) is 17.0. The normalized spacial score (nSPS) is 15.2. The summed E-state index contributed by atoms with van der Waals surface area (Å²) in [6.07, 6.45) is 2.37. The zero-order chi connectivity index (χ0) is 8.97. The molecular formula is C9H16KN2O2-. The van der Waals surface area contributed by atoms with E-state index in [-0.39, 0.29) is 64.7 Å². The summed E-state index contributed by atoms with van der Waals surface area (Å²) in [5.41, 5.74) is 0. The fourth-order valence-electron chi connectivity index (χ4n) is 1.27. The van der Waals surface area contributed by atoms with Crippen LogP contribution in [0.1, 0.15) is 13.3 Å². The van der Waals surface area contributed by atoms with Gasteiger partial charge in [0.1, 0.15) is 0 Å². The number of carbonyl (C=O) groups is 1. The van der Waals surface area contributed by atoms with Crippen LogP contribution in [0.3, 0.4) is 0 Å². The van der Waals surface area contributed by atoms with Crippen molar-refractivity contribution in [2.75, 3.05) is 26.2 Å². The predicted octanol–water partition coefficient (Wildman–Crippen LogP) is -2.94. The number of amides is 2. The van der Waals surface area contributed by atoms with Gasteiger partial charge < -0.3 is 22.0 Å². The molecule has 1 heterocycles. The standard InChI is InChI=1S/C8H13N2O2.CH3.K/c1-2-8(12)10-5-3-9(7-11)4-6-10;;/h2-6H2,1H3;1H3;/q2*-1;+1. The zero-order valence-electron chi connectivity index (χ0n) is 9.25. The number of hydrogen-bond donors (Lipinski definition) is 0. The van der Waals surface area contributed by atoms with Crippen LogP contribution in [0, 0.1) is 7.43 Å². The molecule has 0 aromatic heterocycles. The molecule has 1 aliphatic heterocycles. The van der Waals surface area contributed by atoms with Crippen LogP contribution in [-0.4, -0.2) is 48.3 Å². The van der Waals surface area contributed by atoms with Crippen molar-refractivity contribution in [3.05, 3.63) is 7.43 Å². The molecule has 0 bridgehead atoms. The van der Waals surface area contributed by atoms with Crippen molar-refractivity contribution in [2.45, 2.75) is 13.3 Å². The van der Waals surface area contributed by atoms with Crippen LogP contribution in [0.4, 0.5) is 0 Å². The molecule has 1 aliphatic rings. The molecule has 0 saturated carbocycles. The van der Waals surface area contributed by atoms with Crippen LogP contribution in [0.2, 0.25) is 0 Å². The molecule has 0 spiro atoms. The summed E-state index contributed by atoms with van der Waals surface area (Å²) in [6, 6.07) is 0. The van der Waals surface area contributed by atoms with Crippen LogP contribution < -0.4 is 51.4 Å². The minimum Gasteiger partial charge on any atom is -0.520 e. The largest absolute Gasteiger partial charge is 1.00 e. The summed E-state index contributed by atoms with van der Waals surface area (Å²) < 4.78 is 0. The van der Waals surface area contributed by atoms with Gasteiger partial charge in [-0.3, -0.25) is 4.79 Å². The van der Waals surface area contributed by atoms with E-state index >= 15 is 0 Å². The van der Waals surface area contributed by atoms with Gasteiger partial charge in [-0.25, -0.2) is 0 Å². The molecule has 14 heavy (non-hydrogen) atoms. The zero-order valence-corrected chi connectivity index (χ0v) is 12.4. The van der Waals surface area contributed by atoms with Gasteiger partial charge in [0.15, 0.2) is 0 Å². The van der Waals surface area contributed by atoms with E-state index in [1.54, 1.807) is 9.80 Å². The first-order valence-corrected chi connectivity index (χ1v) is 4.18. The minimum atomic E-state index is 0. The Labute approximate surface area is 128 Å². The summed E-state index contributed by atoms with van der Waals surface area (Å²) in [7, 11) is 0. The second kappa shape index (κ2) is 8.85. The quantitative estimate of drug-likeness (QED) is 0.371. The van der Waals surface area contributed by atoms with Crippen LogP contribution in [0.5, 0.6) is 0 Å². The van der Waals surface area contributed by atoms with Crippen molar-refractivity contribution in [1.82, 2.24) is 9.80 Å². The molecule has 1 rings (SSSR count). The molecular weight excluding hydrogens is 207 g/mol. The Morgan fingerprint density at radius 3 is 2.14 bits per heavy atom. The minimum absolute atomic E-state index is 0. The van der Waals surface area contributed by atoms with Crippen LogP contribution in [0.15, 0.2) is 0 Å². The molecule has 1 fully saturated rings. The predicted molar refractivity (Wildman–Crippen MR) is 50.6 cm³/mol. The van der Waals surface area contributed by atoms with Crippen molar-refractivity contribution in [3.63, 3.8) is 0 Å². The average molecular weight is 223 g/mol. The second-order valence-corrected chi connectivity index (χ2v) is 2.81. The number of nitrogens with zero attached hydrogens (tertiary/aromatic N) is 2. The summed E-state index contributed by atoms with van der Waals surface area (Å²) >= 11 is 0. The van der Waals surface area contributed by atoms with E-state index in [0.717, 1.165) is 0 Å². The Bertz CT molecular complexity index is 180. The van der Waals surface area contributed by atoms with Crippen LogP contribution in [0.25, 0.3) is 0 Å².